The van der Waals surface area contributed by atoms with Crippen molar-refractivity contribution >= 4 is 34.1 Å². The quantitative estimate of drug-likeness (QED) is 0.467. The Kier molecular flexibility index (Phi) is 5.06. The van der Waals surface area contributed by atoms with Crippen molar-refractivity contribution in [3.8, 4) is 11.4 Å². The van der Waals surface area contributed by atoms with Crippen molar-refractivity contribution in [2.45, 2.75) is 12.3 Å². The second-order valence-electron chi connectivity index (χ2n) is 7.81. The molecule has 0 radical (unpaired) electrons. The number of fused-ring (bicyclic) bond motifs is 1. The van der Waals surface area contributed by atoms with Crippen molar-refractivity contribution in [3.63, 3.8) is 0 Å². The van der Waals surface area contributed by atoms with E-state index in [-0.39, 0.29) is 16.8 Å². The van der Waals surface area contributed by atoms with E-state index in [1.165, 1.54) is 0 Å². The third kappa shape index (κ3) is 3.20. The second kappa shape index (κ2) is 7.91. The Morgan fingerprint density at radius 2 is 1.69 bits per heavy atom. The average Bonchev–Trinajstić information content (AvgIpc) is 3.29. The van der Waals surface area contributed by atoms with Gasteiger partial charge in [0.2, 0.25) is 5.91 Å². The maximum atomic E-state index is 13.5. The number of hydrogen-bond donors (Lipinski definition) is 0. The summed E-state index contributed by atoms with van der Waals surface area (Å²) in [5.74, 6) is 1.09. The van der Waals surface area contributed by atoms with Crippen molar-refractivity contribution in [2.24, 2.45) is 7.05 Å². The molecule has 1 aromatic heterocycles. The average molecular weight is 446 g/mol. The van der Waals surface area contributed by atoms with Crippen LogP contribution >= 0.6 is 11.8 Å². The van der Waals surface area contributed by atoms with E-state index in [0.29, 0.717) is 11.4 Å². The standard InChI is InChI=1S/C25H23N3O3S/c1-16-23(24(30)28(26(16)2)20-7-5-4-6-8-20)27-22(29)15-32-25(27)19-10-9-18-14-21(31-3)12-11-17(18)13-19/h4-14,25H,15H2,1-3H3/t25-/m0/s1. The van der Waals surface area contributed by atoms with Crippen molar-refractivity contribution in [3.05, 3.63) is 88.3 Å². The van der Waals surface area contributed by atoms with Crippen LogP contribution in [-0.2, 0) is 11.8 Å². The van der Waals surface area contributed by atoms with Crippen molar-refractivity contribution in [1.82, 2.24) is 9.36 Å². The lowest BCUT2D eigenvalue weighted by Crippen LogP contribution is -2.33. The van der Waals surface area contributed by atoms with Gasteiger partial charge < -0.3 is 4.74 Å². The molecule has 4 aromatic rings. The van der Waals surface area contributed by atoms with E-state index >= 15 is 0 Å². The molecule has 32 heavy (non-hydrogen) atoms. The molecule has 2 heterocycles. The summed E-state index contributed by atoms with van der Waals surface area (Å²) < 4.78 is 8.75. The number of ether oxygens (including phenoxy) is 1. The van der Waals surface area contributed by atoms with Gasteiger partial charge in [0.25, 0.3) is 5.56 Å². The van der Waals surface area contributed by atoms with Crippen LogP contribution in [0.3, 0.4) is 0 Å². The number of amides is 1. The van der Waals surface area contributed by atoms with E-state index in [1.54, 1.807) is 28.5 Å². The number of anilines is 1. The van der Waals surface area contributed by atoms with Gasteiger partial charge in [-0.3, -0.25) is 19.2 Å². The minimum absolute atomic E-state index is 0.0548. The van der Waals surface area contributed by atoms with Crippen LogP contribution in [0.1, 0.15) is 16.6 Å². The largest absolute Gasteiger partial charge is 0.497 e. The lowest BCUT2D eigenvalue weighted by Gasteiger charge is -2.23. The highest BCUT2D eigenvalue weighted by Gasteiger charge is 2.38. The fourth-order valence-electron chi connectivity index (χ4n) is 4.27. The summed E-state index contributed by atoms with van der Waals surface area (Å²) in [6.07, 6.45) is 0. The minimum atomic E-state index is -0.257. The molecule has 0 N–H and O–H groups in total. The molecule has 1 saturated heterocycles. The van der Waals surface area contributed by atoms with E-state index in [9.17, 15) is 9.59 Å². The summed E-state index contributed by atoms with van der Waals surface area (Å²) >= 11 is 1.55. The second-order valence-corrected chi connectivity index (χ2v) is 8.88. The van der Waals surface area contributed by atoms with Crippen LogP contribution in [0.5, 0.6) is 5.75 Å². The predicted molar refractivity (Wildman–Crippen MR) is 129 cm³/mol. The van der Waals surface area contributed by atoms with E-state index in [0.717, 1.165) is 33.5 Å². The van der Waals surface area contributed by atoms with Gasteiger partial charge >= 0.3 is 0 Å². The predicted octanol–water partition coefficient (Wildman–Crippen LogP) is 4.42. The number of hydrogen-bond acceptors (Lipinski definition) is 4. The number of carbonyl (C=O) groups is 1. The molecule has 3 aromatic carbocycles. The first kappa shape index (κ1) is 20.5. The Hall–Kier alpha value is -3.45. The molecule has 0 aliphatic carbocycles. The number of methoxy groups -OCH3 is 1. The molecule has 0 bridgehead atoms. The number of thioether (sulfide) groups is 1. The maximum Gasteiger partial charge on any atom is 0.295 e. The van der Waals surface area contributed by atoms with Gasteiger partial charge in [-0.1, -0.05) is 36.4 Å². The zero-order valence-corrected chi connectivity index (χ0v) is 18.9. The van der Waals surface area contributed by atoms with E-state index in [4.69, 9.17) is 4.74 Å². The van der Waals surface area contributed by atoms with Crippen molar-refractivity contribution < 1.29 is 9.53 Å². The molecule has 6 nitrogen and oxygen atoms in total. The van der Waals surface area contributed by atoms with Crippen LogP contribution in [0.25, 0.3) is 16.5 Å². The Labute approximate surface area is 190 Å². The zero-order valence-electron chi connectivity index (χ0n) is 18.1. The highest BCUT2D eigenvalue weighted by molar-refractivity contribution is 8.00. The third-order valence-corrected chi connectivity index (χ3v) is 7.20. The smallest absolute Gasteiger partial charge is 0.295 e. The summed E-state index contributed by atoms with van der Waals surface area (Å²) in [5, 5.41) is 1.87. The molecule has 1 aliphatic heterocycles. The first-order valence-electron chi connectivity index (χ1n) is 10.3. The SMILES string of the molecule is COc1ccc2cc([C@@H]3SCC(=O)N3c3c(C)n(C)n(-c4ccccc4)c3=O)ccc2c1. The highest BCUT2D eigenvalue weighted by Crippen LogP contribution is 2.42. The van der Waals surface area contributed by atoms with Gasteiger partial charge in [-0.25, -0.2) is 4.68 Å². The van der Waals surface area contributed by atoms with Gasteiger partial charge in [-0.15, -0.1) is 11.8 Å². The van der Waals surface area contributed by atoms with Gasteiger partial charge in [-0.05, 0) is 53.6 Å². The molecule has 1 fully saturated rings. The normalized spacial score (nSPS) is 16.2. The number of para-hydroxylation sites is 1. The van der Waals surface area contributed by atoms with Crippen LogP contribution in [0.2, 0.25) is 0 Å². The fraction of sp³-hybridized carbons (Fsp3) is 0.200. The molecule has 1 aliphatic rings. The van der Waals surface area contributed by atoms with E-state index in [1.807, 2.05) is 79.3 Å². The van der Waals surface area contributed by atoms with Crippen molar-refractivity contribution in [1.29, 1.82) is 0 Å². The first-order valence-corrected chi connectivity index (χ1v) is 11.4. The molecule has 5 rings (SSSR count). The Morgan fingerprint density at radius 1 is 0.969 bits per heavy atom. The molecule has 7 heteroatoms. The summed E-state index contributed by atoms with van der Waals surface area (Å²) in [6.45, 7) is 1.89. The highest BCUT2D eigenvalue weighted by atomic mass is 32.2. The monoisotopic (exact) mass is 445 g/mol. The van der Waals surface area contributed by atoms with Crippen LogP contribution in [0.4, 0.5) is 5.69 Å². The van der Waals surface area contributed by atoms with E-state index < -0.39 is 0 Å². The summed E-state index contributed by atoms with van der Waals surface area (Å²) in [6, 6.07) is 21.6. The Morgan fingerprint density at radius 3 is 2.44 bits per heavy atom. The molecular weight excluding hydrogens is 422 g/mol. The molecule has 1 amide bonds. The molecule has 162 valence electrons. The van der Waals surface area contributed by atoms with Gasteiger partial charge in [0.15, 0.2) is 0 Å². The Balaban J connectivity index is 1.61. The lowest BCUT2D eigenvalue weighted by molar-refractivity contribution is -0.115. The first-order chi connectivity index (χ1) is 15.5. The van der Waals surface area contributed by atoms with Crippen LogP contribution < -0.4 is 15.2 Å². The topological polar surface area (TPSA) is 56.5 Å². The summed E-state index contributed by atoms with van der Waals surface area (Å²) in [5.41, 5.74) is 2.76. The zero-order chi connectivity index (χ0) is 22.4. The molecule has 1 atom stereocenters. The molecule has 0 saturated carbocycles. The molecule has 0 unspecified atom stereocenters. The number of nitrogens with zero attached hydrogens (tertiary/aromatic N) is 3. The van der Waals surface area contributed by atoms with Gasteiger partial charge in [0.05, 0.1) is 24.2 Å². The number of aromatic nitrogens is 2. The van der Waals surface area contributed by atoms with Crippen LogP contribution in [-0.4, -0.2) is 28.1 Å². The maximum absolute atomic E-state index is 13.5. The van der Waals surface area contributed by atoms with Gasteiger partial charge in [-0.2, -0.15) is 0 Å². The summed E-state index contributed by atoms with van der Waals surface area (Å²) in [4.78, 5) is 28.2. The number of carbonyl (C=O) groups excluding carboxylic acids is 1. The van der Waals surface area contributed by atoms with Crippen LogP contribution in [0.15, 0.2) is 71.5 Å². The lowest BCUT2D eigenvalue weighted by atomic mass is 10.1. The van der Waals surface area contributed by atoms with Gasteiger partial charge in [0, 0.05) is 7.05 Å². The van der Waals surface area contributed by atoms with Gasteiger partial charge in [0.1, 0.15) is 16.8 Å². The molecule has 0 spiro atoms. The molecular formula is C25H23N3O3S. The summed E-state index contributed by atoms with van der Waals surface area (Å²) in [7, 11) is 3.50. The van der Waals surface area contributed by atoms with Crippen LogP contribution in [0, 0.1) is 6.92 Å². The number of benzene rings is 3. The number of rotatable bonds is 4. The van der Waals surface area contributed by atoms with Crippen molar-refractivity contribution in [2.75, 3.05) is 17.8 Å². The Bertz CT molecular complexity index is 1390. The fourth-order valence-corrected chi connectivity index (χ4v) is 5.42. The third-order valence-electron chi connectivity index (χ3n) is 5.99. The minimum Gasteiger partial charge on any atom is -0.497 e. The van der Waals surface area contributed by atoms with E-state index in [2.05, 4.69) is 6.07 Å².